The van der Waals surface area contributed by atoms with Gasteiger partial charge in [0.1, 0.15) is 0 Å². The minimum Gasteiger partial charge on any atom is -0.348 e. The molecule has 1 aliphatic rings. The summed E-state index contributed by atoms with van der Waals surface area (Å²) in [5.74, 6) is 0. The molecule has 0 saturated carbocycles. The van der Waals surface area contributed by atoms with Gasteiger partial charge in [-0.25, -0.2) is 0 Å². The van der Waals surface area contributed by atoms with Crippen molar-refractivity contribution in [2.24, 2.45) is 0 Å². The van der Waals surface area contributed by atoms with Gasteiger partial charge >= 0.3 is 0 Å². The normalized spacial score (nSPS) is 12.9. The molecule has 0 bridgehead atoms. The molecule has 2 rings (SSSR count). The van der Waals surface area contributed by atoms with Gasteiger partial charge in [-0.15, -0.1) is 0 Å². The standard InChI is InChI=1S/C13H15N.2C2H6/c1-9-5-6-13-11(3)14(4)10(2)8-12(13)7-9;2*1-2/h5-7H,2-3,8H2,1,4H3;2*1-2H3. The van der Waals surface area contributed by atoms with Gasteiger partial charge in [0, 0.05) is 30.4 Å². The van der Waals surface area contributed by atoms with Crippen LogP contribution in [0, 0.1) is 6.92 Å². The first kappa shape index (κ1) is 16.5. The molecular formula is C17H27N. The van der Waals surface area contributed by atoms with E-state index >= 15 is 0 Å². The zero-order chi connectivity index (χ0) is 14.3. The maximum absolute atomic E-state index is 4.08. The third-order valence-electron chi connectivity index (χ3n) is 2.85. The molecule has 100 valence electrons. The molecule has 0 atom stereocenters. The van der Waals surface area contributed by atoms with E-state index in [1.165, 1.54) is 16.7 Å². The molecule has 0 radical (unpaired) electrons. The molecule has 0 fully saturated rings. The predicted molar refractivity (Wildman–Crippen MR) is 83.5 cm³/mol. The summed E-state index contributed by atoms with van der Waals surface area (Å²) in [7, 11) is 2.02. The van der Waals surface area contributed by atoms with Crippen molar-refractivity contribution in [2.45, 2.75) is 41.0 Å². The number of nitrogens with zero attached hydrogens (tertiary/aromatic N) is 1. The Hall–Kier alpha value is -1.50. The summed E-state index contributed by atoms with van der Waals surface area (Å²) in [4.78, 5) is 2.07. The molecule has 0 amide bonds. The first-order valence-electron chi connectivity index (χ1n) is 6.80. The van der Waals surface area contributed by atoms with E-state index < -0.39 is 0 Å². The highest BCUT2D eigenvalue weighted by Gasteiger charge is 2.18. The lowest BCUT2D eigenvalue weighted by molar-refractivity contribution is 0.566. The number of rotatable bonds is 0. The van der Waals surface area contributed by atoms with Crippen molar-refractivity contribution in [3.63, 3.8) is 0 Å². The summed E-state index contributed by atoms with van der Waals surface area (Å²) in [5, 5.41) is 0. The Labute approximate surface area is 113 Å². The van der Waals surface area contributed by atoms with Crippen LogP contribution in [0.1, 0.15) is 44.4 Å². The molecule has 1 nitrogen and oxygen atoms in total. The zero-order valence-corrected chi connectivity index (χ0v) is 12.8. The van der Waals surface area contributed by atoms with Crippen LogP contribution in [0.15, 0.2) is 37.1 Å². The van der Waals surface area contributed by atoms with Crippen LogP contribution < -0.4 is 0 Å². The van der Waals surface area contributed by atoms with E-state index in [4.69, 9.17) is 0 Å². The van der Waals surface area contributed by atoms with Gasteiger partial charge in [-0.05, 0) is 12.5 Å². The van der Waals surface area contributed by atoms with Crippen LogP contribution in [-0.4, -0.2) is 11.9 Å². The molecule has 18 heavy (non-hydrogen) atoms. The fourth-order valence-corrected chi connectivity index (χ4v) is 1.86. The molecule has 1 heterocycles. The number of benzene rings is 1. The van der Waals surface area contributed by atoms with Crippen molar-refractivity contribution < 1.29 is 0 Å². The summed E-state index contributed by atoms with van der Waals surface area (Å²) in [5.41, 5.74) is 6.07. The topological polar surface area (TPSA) is 3.24 Å². The first-order chi connectivity index (χ1) is 8.59. The van der Waals surface area contributed by atoms with Crippen molar-refractivity contribution in [1.82, 2.24) is 4.90 Å². The average Bonchev–Trinajstić information content (AvgIpc) is 2.40. The molecular weight excluding hydrogens is 218 g/mol. The average molecular weight is 245 g/mol. The number of allylic oxidation sites excluding steroid dienone is 1. The van der Waals surface area contributed by atoms with Crippen LogP contribution in [0.25, 0.3) is 5.70 Å². The molecule has 1 aliphatic heterocycles. The minimum atomic E-state index is 0.937. The van der Waals surface area contributed by atoms with Crippen LogP contribution in [0.2, 0.25) is 0 Å². The highest BCUT2D eigenvalue weighted by atomic mass is 15.1. The Morgan fingerprint density at radius 3 is 2.17 bits per heavy atom. The van der Waals surface area contributed by atoms with Crippen LogP contribution in [0.3, 0.4) is 0 Å². The molecule has 0 saturated heterocycles. The Bertz CT molecular complexity index is 416. The fraction of sp³-hybridized carbons (Fsp3) is 0.412. The van der Waals surface area contributed by atoms with Gasteiger partial charge in [0.15, 0.2) is 0 Å². The van der Waals surface area contributed by atoms with E-state index in [1.54, 1.807) is 0 Å². The summed E-state index contributed by atoms with van der Waals surface area (Å²) in [6.45, 7) is 18.2. The number of hydrogen-bond donors (Lipinski definition) is 0. The van der Waals surface area contributed by atoms with E-state index in [-0.39, 0.29) is 0 Å². The third-order valence-corrected chi connectivity index (χ3v) is 2.85. The van der Waals surface area contributed by atoms with Crippen LogP contribution >= 0.6 is 0 Å². The van der Waals surface area contributed by atoms with Gasteiger partial charge < -0.3 is 4.90 Å². The van der Waals surface area contributed by atoms with Crippen molar-refractivity contribution in [3.8, 4) is 0 Å². The van der Waals surface area contributed by atoms with Gasteiger partial charge in [-0.1, -0.05) is 64.6 Å². The Kier molecular flexibility index (Phi) is 7.11. The maximum atomic E-state index is 4.08. The second-order valence-corrected chi connectivity index (χ2v) is 3.91. The van der Waals surface area contributed by atoms with E-state index in [0.29, 0.717) is 0 Å². The second kappa shape index (κ2) is 7.75. The van der Waals surface area contributed by atoms with Gasteiger partial charge in [0.2, 0.25) is 0 Å². The van der Waals surface area contributed by atoms with Crippen molar-refractivity contribution >= 4 is 5.70 Å². The number of aryl methyl sites for hydroxylation is 1. The lowest BCUT2D eigenvalue weighted by atomic mass is 9.94. The second-order valence-electron chi connectivity index (χ2n) is 3.91. The van der Waals surface area contributed by atoms with Gasteiger partial charge in [-0.3, -0.25) is 0 Å². The zero-order valence-electron chi connectivity index (χ0n) is 12.8. The van der Waals surface area contributed by atoms with Crippen molar-refractivity contribution in [1.29, 1.82) is 0 Å². The lowest BCUT2D eigenvalue weighted by Crippen LogP contribution is -2.22. The van der Waals surface area contributed by atoms with Gasteiger partial charge in [0.05, 0.1) is 0 Å². The summed E-state index contributed by atoms with van der Waals surface area (Å²) in [6, 6.07) is 6.50. The molecule has 0 aromatic heterocycles. The summed E-state index contributed by atoms with van der Waals surface area (Å²) < 4.78 is 0. The van der Waals surface area contributed by atoms with Gasteiger partial charge in [0.25, 0.3) is 0 Å². The monoisotopic (exact) mass is 245 g/mol. The van der Waals surface area contributed by atoms with Crippen LogP contribution in [-0.2, 0) is 6.42 Å². The summed E-state index contributed by atoms with van der Waals surface area (Å²) >= 11 is 0. The molecule has 0 aliphatic carbocycles. The number of fused-ring (bicyclic) bond motifs is 1. The van der Waals surface area contributed by atoms with E-state index in [1.807, 2.05) is 34.7 Å². The van der Waals surface area contributed by atoms with Gasteiger partial charge in [-0.2, -0.15) is 0 Å². The third kappa shape index (κ3) is 3.49. The lowest BCUT2D eigenvalue weighted by Gasteiger charge is -2.31. The highest BCUT2D eigenvalue weighted by molar-refractivity contribution is 5.69. The fourth-order valence-electron chi connectivity index (χ4n) is 1.86. The Morgan fingerprint density at radius 2 is 1.61 bits per heavy atom. The molecule has 1 aromatic rings. The minimum absolute atomic E-state index is 0.937. The molecule has 1 aromatic carbocycles. The molecule has 0 spiro atoms. The quantitative estimate of drug-likeness (QED) is 0.620. The first-order valence-corrected chi connectivity index (χ1v) is 6.80. The molecule has 0 N–H and O–H groups in total. The Morgan fingerprint density at radius 1 is 1.06 bits per heavy atom. The van der Waals surface area contributed by atoms with Crippen LogP contribution in [0.4, 0.5) is 0 Å². The summed E-state index contributed by atoms with van der Waals surface area (Å²) in [6.07, 6.45) is 0.937. The number of hydrogen-bond acceptors (Lipinski definition) is 1. The molecule has 1 heteroatoms. The Balaban J connectivity index is 0.000000659. The largest absolute Gasteiger partial charge is 0.348 e. The van der Waals surface area contributed by atoms with Crippen molar-refractivity contribution in [3.05, 3.63) is 53.7 Å². The van der Waals surface area contributed by atoms with E-state index in [0.717, 1.165) is 17.8 Å². The smallest absolute Gasteiger partial charge is 0.0409 e. The van der Waals surface area contributed by atoms with Crippen LogP contribution in [0.5, 0.6) is 0 Å². The maximum Gasteiger partial charge on any atom is 0.0409 e. The van der Waals surface area contributed by atoms with E-state index in [9.17, 15) is 0 Å². The highest BCUT2D eigenvalue weighted by Crippen LogP contribution is 2.31. The number of likely N-dealkylation sites (N-methyl/N-ethyl adjacent to an activating group) is 1. The van der Waals surface area contributed by atoms with Crippen molar-refractivity contribution in [2.75, 3.05) is 7.05 Å². The predicted octanol–water partition coefficient (Wildman–Crippen LogP) is 5.02. The molecule has 0 unspecified atom stereocenters. The van der Waals surface area contributed by atoms with E-state index in [2.05, 4.69) is 43.2 Å². The SMILES string of the molecule is C=C1Cc2cc(C)ccc2C(=C)N1C.CC.CC.